The first-order chi connectivity index (χ1) is 15.1. The van der Waals surface area contributed by atoms with E-state index in [0.29, 0.717) is 42.5 Å². The van der Waals surface area contributed by atoms with E-state index in [0.717, 1.165) is 24.3 Å². The first-order valence-corrected chi connectivity index (χ1v) is 10.4. The Morgan fingerprint density at radius 3 is 2.65 bits per heavy atom. The summed E-state index contributed by atoms with van der Waals surface area (Å²) in [5, 5.41) is 13.0. The smallest absolute Gasteiger partial charge is 0.261 e. The third kappa shape index (κ3) is 4.40. The fraction of sp³-hybridized carbons (Fsp3) is 0.348. The molecule has 1 amide bonds. The average molecular weight is 416 g/mol. The zero-order chi connectivity index (χ0) is 21.8. The summed E-state index contributed by atoms with van der Waals surface area (Å²) in [6, 6.07) is 12.6. The van der Waals surface area contributed by atoms with E-state index in [1.165, 1.54) is 0 Å². The van der Waals surface area contributed by atoms with E-state index in [1.807, 2.05) is 30.9 Å². The van der Waals surface area contributed by atoms with Crippen LogP contribution in [0.15, 0.2) is 47.1 Å². The Hall–Kier alpha value is -3.73. The third-order valence-corrected chi connectivity index (χ3v) is 5.32. The first kappa shape index (κ1) is 20.5. The van der Waals surface area contributed by atoms with Gasteiger partial charge in [0.25, 0.3) is 11.8 Å². The number of hydrogen-bond donors (Lipinski definition) is 0. The highest BCUT2D eigenvalue weighted by atomic mass is 16.5. The molecule has 0 radical (unpaired) electrons. The van der Waals surface area contributed by atoms with Crippen molar-refractivity contribution in [3.8, 4) is 17.5 Å². The van der Waals surface area contributed by atoms with Crippen LogP contribution in [0.5, 0.6) is 0 Å². The molecular formula is C23H24N6O2. The fourth-order valence-electron chi connectivity index (χ4n) is 3.60. The highest BCUT2D eigenvalue weighted by molar-refractivity contribution is 5.94. The summed E-state index contributed by atoms with van der Waals surface area (Å²) in [6.45, 7) is 6.70. The van der Waals surface area contributed by atoms with Crippen molar-refractivity contribution >= 4 is 11.7 Å². The van der Waals surface area contributed by atoms with E-state index >= 15 is 0 Å². The van der Waals surface area contributed by atoms with Crippen LogP contribution in [0.25, 0.3) is 11.5 Å². The highest BCUT2D eigenvalue weighted by Crippen LogP contribution is 2.29. The second-order valence-electron chi connectivity index (χ2n) is 7.81. The van der Waals surface area contributed by atoms with Crippen molar-refractivity contribution in [1.82, 2.24) is 20.0 Å². The van der Waals surface area contributed by atoms with Gasteiger partial charge in [-0.25, -0.2) is 4.98 Å². The van der Waals surface area contributed by atoms with Gasteiger partial charge in [0.15, 0.2) is 5.82 Å². The lowest BCUT2D eigenvalue weighted by molar-refractivity contribution is 0.0767. The molecule has 0 bridgehead atoms. The molecule has 1 fully saturated rings. The molecule has 0 atom stereocenters. The largest absolute Gasteiger partial charge is 0.354 e. The van der Waals surface area contributed by atoms with Gasteiger partial charge in [0.2, 0.25) is 0 Å². The van der Waals surface area contributed by atoms with E-state index in [1.54, 1.807) is 30.5 Å². The molecule has 0 saturated carbocycles. The number of nitrogens with zero attached hydrogens (tertiary/aromatic N) is 6. The number of carbonyl (C=O) groups excluding carboxylic acids is 1. The summed E-state index contributed by atoms with van der Waals surface area (Å²) in [4.78, 5) is 26.1. The number of anilines is 1. The van der Waals surface area contributed by atoms with Gasteiger partial charge in [0.1, 0.15) is 5.82 Å². The summed E-state index contributed by atoms with van der Waals surface area (Å²) in [6.07, 6.45) is 2.57. The van der Waals surface area contributed by atoms with E-state index < -0.39 is 0 Å². The zero-order valence-electron chi connectivity index (χ0n) is 17.7. The molecule has 3 heterocycles. The maximum absolute atomic E-state index is 12.9. The van der Waals surface area contributed by atoms with Crippen molar-refractivity contribution in [3.05, 3.63) is 59.5 Å². The van der Waals surface area contributed by atoms with Gasteiger partial charge in [-0.2, -0.15) is 10.2 Å². The Morgan fingerprint density at radius 2 is 1.94 bits per heavy atom. The quantitative estimate of drug-likeness (QED) is 0.642. The SMILES string of the molecule is CC(C)c1noc(-c2cccnc2N2CCCN(C(=O)c3ccc(C#N)cc3)CC2)n1. The van der Waals surface area contributed by atoms with Gasteiger partial charge in [-0.15, -0.1) is 0 Å². The fourth-order valence-corrected chi connectivity index (χ4v) is 3.60. The average Bonchev–Trinajstić information content (AvgIpc) is 3.17. The Morgan fingerprint density at radius 1 is 1.13 bits per heavy atom. The van der Waals surface area contributed by atoms with Crippen molar-refractivity contribution in [3.63, 3.8) is 0 Å². The van der Waals surface area contributed by atoms with Crippen LogP contribution in [-0.4, -0.2) is 52.1 Å². The number of hydrogen-bond acceptors (Lipinski definition) is 7. The molecule has 0 unspecified atom stereocenters. The topological polar surface area (TPSA) is 99.2 Å². The number of benzene rings is 1. The number of rotatable bonds is 4. The lowest BCUT2D eigenvalue weighted by Crippen LogP contribution is -2.35. The molecule has 1 aromatic carbocycles. The lowest BCUT2D eigenvalue weighted by atomic mass is 10.1. The Labute approximate surface area is 181 Å². The van der Waals surface area contributed by atoms with Crippen molar-refractivity contribution in [2.24, 2.45) is 0 Å². The Balaban J connectivity index is 1.51. The van der Waals surface area contributed by atoms with E-state index in [-0.39, 0.29) is 11.8 Å². The Bertz CT molecular complexity index is 1100. The molecule has 31 heavy (non-hydrogen) atoms. The molecule has 3 aromatic rings. The minimum Gasteiger partial charge on any atom is -0.354 e. The van der Waals surface area contributed by atoms with Crippen LogP contribution in [-0.2, 0) is 0 Å². The molecule has 1 aliphatic heterocycles. The molecule has 0 N–H and O–H groups in total. The molecule has 8 nitrogen and oxygen atoms in total. The monoisotopic (exact) mass is 416 g/mol. The highest BCUT2D eigenvalue weighted by Gasteiger charge is 2.24. The normalized spacial score (nSPS) is 14.4. The van der Waals surface area contributed by atoms with Crippen LogP contribution in [0.3, 0.4) is 0 Å². The van der Waals surface area contributed by atoms with Gasteiger partial charge in [-0.05, 0) is 42.8 Å². The number of aromatic nitrogens is 3. The van der Waals surface area contributed by atoms with E-state index in [9.17, 15) is 4.79 Å². The number of pyridine rings is 1. The van der Waals surface area contributed by atoms with E-state index in [2.05, 4.69) is 26.1 Å². The standard InChI is InChI=1S/C23H24N6O2/c1-16(2)20-26-22(31-27-20)19-5-3-10-25-21(19)28-11-4-12-29(14-13-28)23(30)18-8-6-17(15-24)7-9-18/h3,5-10,16H,4,11-14H2,1-2H3. The summed E-state index contributed by atoms with van der Waals surface area (Å²) in [5.74, 6) is 2.07. The number of carbonyl (C=O) groups is 1. The minimum atomic E-state index is -0.0222. The van der Waals surface area contributed by atoms with Crippen LogP contribution >= 0.6 is 0 Å². The van der Waals surface area contributed by atoms with Crippen molar-refractivity contribution in [1.29, 1.82) is 5.26 Å². The van der Waals surface area contributed by atoms with Crippen LogP contribution in [0.4, 0.5) is 5.82 Å². The molecule has 1 saturated heterocycles. The zero-order valence-corrected chi connectivity index (χ0v) is 17.7. The van der Waals surface area contributed by atoms with Gasteiger partial charge in [-0.1, -0.05) is 19.0 Å². The third-order valence-electron chi connectivity index (χ3n) is 5.32. The van der Waals surface area contributed by atoms with Gasteiger partial charge < -0.3 is 14.3 Å². The molecule has 8 heteroatoms. The molecular weight excluding hydrogens is 392 g/mol. The molecule has 0 spiro atoms. The molecule has 1 aliphatic rings. The second-order valence-corrected chi connectivity index (χ2v) is 7.81. The lowest BCUT2D eigenvalue weighted by Gasteiger charge is -2.24. The van der Waals surface area contributed by atoms with Crippen LogP contribution in [0.2, 0.25) is 0 Å². The summed E-state index contributed by atoms with van der Waals surface area (Å²) in [7, 11) is 0. The number of amides is 1. The van der Waals surface area contributed by atoms with Crippen molar-refractivity contribution < 1.29 is 9.32 Å². The summed E-state index contributed by atoms with van der Waals surface area (Å²) < 4.78 is 5.50. The van der Waals surface area contributed by atoms with Crippen LogP contribution in [0.1, 0.15) is 47.9 Å². The number of nitriles is 1. The maximum atomic E-state index is 12.9. The van der Waals surface area contributed by atoms with Crippen LogP contribution < -0.4 is 4.90 Å². The van der Waals surface area contributed by atoms with Gasteiger partial charge in [-0.3, -0.25) is 4.79 Å². The van der Waals surface area contributed by atoms with Gasteiger partial charge >= 0.3 is 0 Å². The Kier molecular flexibility index (Phi) is 5.94. The molecule has 2 aromatic heterocycles. The molecule has 4 rings (SSSR count). The molecule has 0 aliphatic carbocycles. The van der Waals surface area contributed by atoms with Crippen molar-refractivity contribution in [2.45, 2.75) is 26.2 Å². The van der Waals surface area contributed by atoms with Gasteiger partial charge in [0.05, 0.1) is 17.2 Å². The summed E-state index contributed by atoms with van der Waals surface area (Å²) in [5.41, 5.74) is 1.94. The summed E-state index contributed by atoms with van der Waals surface area (Å²) >= 11 is 0. The minimum absolute atomic E-state index is 0.0222. The first-order valence-electron chi connectivity index (χ1n) is 10.4. The predicted octanol–water partition coefficient (Wildman–Crippen LogP) is 3.48. The second kappa shape index (κ2) is 8.96. The maximum Gasteiger partial charge on any atom is 0.261 e. The predicted molar refractivity (Wildman–Crippen MR) is 116 cm³/mol. The van der Waals surface area contributed by atoms with Gasteiger partial charge in [0, 0.05) is 43.9 Å². The van der Waals surface area contributed by atoms with E-state index in [4.69, 9.17) is 9.78 Å². The van der Waals surface area contributed by atoms with Crippen molar-refractivity contribution in [2.75, 3.05) is 31.1 Å². The molecule has 158 valence electrons. The van der Waals surface area contributed by atoms with Crippen LogP contribution in [0, 0.1) is 11.3 Å².